The van der Waals surface area contributed by atoms with E-state index in [0.29, 0.717) is 6.04 Å². The van der Waals surface area contributed by atoms with Gasteiger partial charge in [0, 0.05) is 27.8 Å². The maximum Gasteiger partial charge on any atom is 0.0422 e. The van der Waals surface area contributed by atoms with Crippen LogP contribution < -0.4 is 4.72 Å². The fourth-order valence-electron chi connectivity index (χ4n) is 1.98. The topological polar surface area (TPSA) is 24.9 Å². The SMILES string of the molecule is CC1CCC(NSc2cncc(Br)c2)CC1. The van der Waals surface area contributed by atoms with Crippen molar-refractivity contribution in [3.8, 4) is 0 Å². The van der Waals surface area contributed by atoms with Gasteiger partial charge < -0.3 is 0 Å². The summed E-state index contributed by atoms with van der Waals surface area (Å²) in [4.78, 5) is 5.33. The predicted octanol–water partition coefficient (Wildman–Crippen LogP) is 4.02. The second-order valence-corrected chi connectivity index (χ2v) is 6.34. The Hall–Kier alpha value is -0.0600. The highest BCUT2D eigenvalue weighted by molar-refractivity contribution is 9.10. The molecule has 2 rings (SSSR count). The molecule has 0 spiro atoms. The van der Waals surface area contributed by atoms with E-state index in [9.17, 15) is 0 Å². The van der Waals surface area contributed by atoms with Crippen LogP contribution in [0.15, 0.2) is 27.8 Å². The number of halogens is 1. The van der Waals surface area contributed by atoms with E-state index in [2.05, 4.69) is 38.6 Å². The number of rotatable bonds is 3. The second-order valence-electron chi connectivity index (χ2n) is 4.52. The van der Waals surface area contributed by atoms with Crippen molar-refractivity contribution in [2.45, 2.75) is 43.5 Å². The third-order valence-corrected chi connectivity index (χ3v) is 4.38. The molecule has 4 heteroatoms. The van der Waals surface area contributed by atoms with Crippen molar-refractivity contribution in [2.75, 3.05) is 0 Å². The van der Waals surface area contributed by atoms with E-state index in [-0.39, 0.29) is 0 Å². The van der Waals surface area contributed by atoms with Crippen LogP contribution in [-0.4, -0.2) is 11.0 Å². The molecule has 0 radical (unpaired) electrons. The number of nitrogens with zero attached hydrogens (tertiary/aromatic N) is 1. The van der Waals surface area contributed by atoms with Crippen molar-refractivity contribution in [1.29, 1.82) is 0 Å². The van der Waals surface area contributed by atoms with Crippen LogP contribution in [0.25, 0.3) is 0 Å². The van der Waals surface area contributed by atoms with Crippen molar-refractivity contribution in [1.82, 2.24) is 9.71 Å². The summed E-state index contributed by atoms with van der Waals surface area (Å²) in [5.41, 5.74) is 0. The number of hydrogen-bond donors (Lipinski definition) is 1. The average Bonchev–Trinajstić information content (AvgIpc) is 2.28. The highest BCUT2D eigenvalue weighted by Gasteiger charge is 2.17. The van der Waals surface area contributed by atoms with Crippen molar-refractivity contribution in [3.63, 3.8) is 0 Å². The largest absolute Gasteiger partial charge is 0.262 e. The maximum absolute atomic E-state index is 4.15. The van der Waals surface area contributed by atoms with Gasteiger partial charge in [-0.2, -0.15) is 0 Å². The van der Waals surface area contributed by atoms with Crippen LogP contribution >= 0.6 is 27.9 Å². The van der Waals surface area contributed by atoms with Crippen molar-refractivity contribution >= 4 is 27.9 Å². The van der Waals surface area contributed by atoms with Gasteiger partial charge in [0.2, 0.25) is 0 Å². The molecule has 1 saturated carbocycles. The lowest BCUT2D eigenvalue weighted by molar-refractivity contribution is 0.337. The highest BCUT2D eigenvalue weighted by Crippen LogP contribution is 2.26. The van der Waals surface area contributed by atoms with Gasteiger partial charge in [0.1, 0.15) is 0 Å². The lowest BCUT2D eigenvalue weighted by Crippen LogP contribution is -2.27. The highest BCUT2D eigenvalue weighted by atomic mass is 79.9. The molecule has 1 aromatic rings. The first-order valence-electron chi connectivity index (χ1n) is 5.77. The summed E-state index contributed by atoms with van der Waals surface area (Å²) in [6, 6.07) is 2.76. The molecule has 1 N–H and O–H groups in total. The molecule has 1 aromatic heterocycles. The van der Waals surface area contributed by atoms with Crippen molar-refractivity contribution in [3.05, 3.63) is 22.9 Å². The number of nitrogens with one attached hydrogen (secondary N) is 1. The smallest absolute Gasteiger partial charge is 0.0422 e. The van der Waals surface area contributed by atoms with E-state index in [1.54, 1.807) is 11.9 Å². The van der Waals surface area contributed by atoms with Gasteiger partial charge in [0.15, 0.2) is 0 Å². The van der Waals surface area contributed by atoms with E-state index >= 15 is 0 Å². The number of hydrogen-bond acceptors (Lipinski definition) is 3. The molecule has 88 valence electrons. The molecule has 2 nitrogen and oxygen atoms in total. The van der Waals surface area contributed by atoms with Gasteiger partial charge >= 0.3 is 0 Å². The Kier molecular flexibility index (Phi) is 4.67. The molecule has 0 saturated heterocycles. The lowest BCUT2D eigenvalue weighted by atomic mass is 9.88. The molecular formula is C12H17BrN2S. The normalized spacial score (nSPS) is 25.6. The molecule has 0 bridgehead atoms. The Morgan fingerprint density at radius 2 is 2.06 bits per heavy atom. The third-order valence-electron chi connectivity index (χ3n) is 3.04. The summed E-state index contributed by atoms with van der Waals surface area (Å²) < 4.78 is 4.58. The summed E-state index contributed by atoms with van der Waals surface area (Å²) in [7, 11) is 0. The van der Waals surface area contributed by atoms with Gasteiger partial charge in [-0.3, -0.25) is 9.71 Å². The van der Waals surface area contributed by atoms with E-state index in [4.69, 9.17) is 0 Å². The van der Waals surface area contributed by atoms with Crippen molar-refractivity contribution in [2.24, 2.45) is 5.92 Å². The third kappa shape index (κ3) is 3.75. The predicted molar refractivity (Wildman–Crippen MR) is 72.3 cm³/mol. The van der Waals surface area contributed by atoms with E-state index < -0.39 is 0 Å². The first-order chi connectivity index (χ1) is 7.74. The van der Waals surface area contributed by atoms with E-state index in [1.165, 1.54) is 30.6 Å². The molecule has 0 aromatic carbocycles. The summed E-state index contributed by atoms with van der Waals surface area (Å²) in [6.45, 7) is 2.35. The Bertz CT molecular complexity index is 338. The zero-order chi connectivity index (χ0) is 11.4. The van der Waals surface area contributed by atoms with Gasteiger partial charge in [0.25, 0.3) is 0 Å². The average molecular weight is 301 g/mol. The zero-order valence-corrected chi connectivity index (χ0v) is 11.9. The van der Waals surface area contributed by atoms with Crippen LogP contribution in [0.3, 0.4) is 0 Å². The number of aromatic nitrogens is 1. The fourth-order valence-corrected chi connectivity index (χ4v) is 3.33. The van der Waals surface area contributed by atoms with Crippen LogP contribution in [0, 0.1) is 5.92 Å². The monoisotopic (exact) mass is 300 g/mol. The maximum atomic E-state index is 4.15. The van der Waals surface area contributed by atoms with Gasteiger partial charge in [-0.15, -0.1) is 0 Å². The van der Waals surface area contributed by atoms with Gasteiger partial charge in [-0.1, -0.05) is 6.92 Å². The molecule has 1 fully saturated rings. The summed E-state index contributed by atoms with van der Waals surface area (Å²) >= 11 is 5.13. The van der Waals surface area contributed by atoms with Gasteiger partial charge in [-0.25, -0.2) is 0 Å². The van der Waals surface area contributed by atoms with Gasteiger partial charge in [0.05, 0.1) is 0 Å². The Balaban J connectivity index is 1.79. The minimum absolute atomic E-state index is 0.667. The summed E-state index contributed by atoms with van der Waals surface area (Å²) in [5, 5.41) is 0. The minimum Gasteiger partial charge on any atom is -0.262 e. The Morgan fingerprint density at radius 1 is 1.31 bits per heavy atom. The molecular weight excluding hydrogens is 284 g/mol. The van der Waals surface area contributed by atoms with Crippen LogP contribution in [0.4, 0.5) is 0 Å². The molecule has 0 atom stereocenters. The van der Waals surface area contributed by atoms with Gasteiger partial charge in [-0.05, 0) is 65.5 Å². The molecule has 16 heavy (non-hydrogen) atoms. The first kappa shape index (κ1) is 12.4. The molecule has 1 heterocycles. The quantitative estimate of drug-likeness (QED) is 0.854. The van der Waals surface area contributed by atoms with Crippen molar-refractivity contribution < 1.29 is 0 Å². The van der Waals surface area contributed by atoms with Crippen LogP contribution in [0.2, 0.25) is 0 Å². The number of pyridine rings is 1. The lowest BCUT2D eigenvalue weighted by Gasteiger charge is -2.26. The minimum atomic E-state index is 0.667. The standard InChI is InChI=1S/C12H17BrN2S/c1-9-2-4-11(5-3-9)15-16-12-6-10(13)7-14-8-12/h6-9,11,15H,2-5H2,1H3. The molecule has 1 aliphatic rings. The fraction of sp³-hybridized carbons (Fsp3) is 0.583. The second kappa shape index (κ2) is 6.03. The molecule has 0 amide bonds. The van der Waals surface area contributed by atoms with E-state index in [1.807, 2.05) is 12.4 Å². The Morgan fingerprint density at radius 3 is 2.75 bits per heavy atom. The van der Waals surface area contributed by atoms with Crippen LogP contribution in [-0.2, 0) is 0 Å². The molecule has 0 unspecified atom stereocenters. The first-order valence-corrected chi connectivity index (χ1v) is 7.38. The molecule has 0 aliphatic heterocycles. The van der Waals surface area contributed by atoms with Crippen LogP contribution in [0.5, 0.6) is 0 Å². The zero-order valence-electron chi connectivity index (χ0n) is 9.45. The van der Waals surface area contributed by atoms with E-state index in [0.717, 1.165) is 10.4 Å². The summed E-state index contributed by atoms with van der Waals surface area (Å²) in [5.74, 6) is 0.913. The van der Waals surface area contributed by atoms with Crippen LogP contribution in [0.1, 0.15) is 32.6 Å². The summed E-state index contributed by atoms with van der Waals surface area (Å²) in [6.07, 6.45) is 9.02. The Labute approximate surface area is 110 Å². The molecule has 1 aliphatic carbocycles.